The number of amides is 1. The molecule has 0 fully saturated rings. The Hall–Kier alpha value is -1.91. The third kappa shape index (κ3) is 6.11. The molecule has 0 saturated carbocycles. The van der Waals surface area contributed by atoms with E-state index in [1.165, 1.54) is 0 Å². The number of hydrogen-bond acceptors (Lipinski definition) is 6. The number of allylic oxidation sites excluding steroid dienone is 4. The lowest BCUT2D eigenvalue weighted by molar-refractivity contribution is 0.0293. The van der Waals surface area contributed by atoms with Crippen LogP contribution in [0.2, 0.25) is 0 Å². The molecule has 9 heteroatoms. The number of carbonyl (C=O) groups is 1. The summed E-state index contributed by atoms with van der Waals surface area (Å²) in [6, 6.07) is 0. The molecule has 2 N–H and O–H groups in total. The molecule has 176 valence electrons. The summed E-state index contributed by atoms with van der Waals surface area (Å²) in [6.07, 6.45) is 7.03. The molecule has 0 bridgehead atoms. The topological polar surface area (TPSA) is 78.3 Å². The first kappa shape index (κ1) is 24.7. The molecular formula is C23H33FIN5O2. The van der Waals surface area contributed by atoms with E-state index in [0.29, 0.717) is 31.8 Å². The van der Waals surface area contributed by atoms with E-state index < -0.39 is 18.1 Å². The molecule has 7 nitrogen and oxygen atoms in total. The second kappa shape index (κ2) is 10.8. The molecule has 0 aromatic rings. The molecule has 0 aromatic carbocycles. The van der Waals surface area contributed by atoms with Crippen molar-refractivity contribution in [1.29, 1.82) is 0 Å². The van der Waals surface area contributed by atoms with Gasteiger partial charge in [-0.15, -0.1) is 0 Å². The lowest BCUT2D eigenvalue weighted by Crippen LogP contribution is -2.39. The molecule has 3 rings (SSSR count). The highest BCUT2D eigenvalue weighted by Gasteiger charge is 2.35. The summed E-state index contributed by atoms with van der Waals surface area (Å²) in [7, 11) is 0. The molecule has 2 heterocycles. The van der Waals surface area contributed by atoms with Crippen molar-refractivity contribution in [3.05, 3.63) is 35.2 Å². The largest absolute Gasteiger partial charge is 0.444 e. The van der Waals surface area contributed by atoms with Crippen LogP contribution in [0.4, 0.5) is 9.18 Å². The number of carbonyl (C=O) groups excluding carboxylic acids is 1. The number of ether oxygens (including phenoxy) is 1. The Labute approximate surface area is 203 Å². The van der Waals surface area contributed by atoms with Crippen LogP contribution in [0.15, 0.2) is 45.2 Å². The summed E-state index contributed by atoms with van der Waals surface area (Å²) >= 11 is 2.24. The fraction of sp³-hybridized carbons (Fsp3) is 0.609. The number of rotatable bonds is 7. The van der Waals surface area contributed by atoms with E-state index in [4.69, 9.17) is 9.73 Å². The minimum Gasteiger partial charge on any atom is -0.444 e. The number of nitrogens with one attached hydrogen (secondary N) is 2. The van der Waals surface area contributed by atoms with Crippen molar-refractivity contribution in [2.24, 2.45) is 15.9 Å². The van der Waals surface area contributed by atoms with Crippen molar-refractivity contribution in [3.8, 4) is 0 Å². The van der Waals surface area contributed by atoms with Gasteiger partial charge in [0.1, 0.15) is 11.8 Å². The number of nitrogens with zero attached hydrogens (tertiary/aromatic N) is 3. The zero-order chi connectivity index (χ0) is 23.3. The first-order valence-corrected chi connectivity index (χ1v) is 12.6. The second-order valence-corrected chi connectivity index (χ2v) is 10.0. The van der Waals surface area contributed by atoms with Crippen LogP contribution in [-0.4, -0.2) is 65.0 Å². The van der Waals surface area contributed by atoms with E-state index in [1.807, 2.05) is 39.1 Å². The van der Waals surface area contributed by atoms with Crippen LogP contribution in [0.1, 0.15) is 40.5 Å². The highest BCUT2D eigenvalue weighted by Crippen LogP contribution is 2.34. The predicted octanol–water partition coefficient (Wildman–Crippen LogP) is 4.12. The summed E-state index contributed by atoms with van der Waals surface area (Å²) < 4.78 is 20.6. The van der Waals surface area contributed by atoms with E-state index in [-0.39, 0.29) is 12.0 Å². The van der Waals surface area contributed by atoms with E-state index in [2.05, 4.69) is 45.1 Å². The van der Waals surface area contributed by atoms with Gasteiger partial charge in [0.2, 0.25) is 6.29 Å². The second-order valence-electron chi connectivity index (χ2n) is 8.93. The zero-order valence-electron chi connectivity index (χ0n) is 19.2. The van der Waals surface area contributed by atoms with Crippen LogP contribution in [0.25, 0.3) is 0 Å². The maximum absolute atomic E-state index is 14.3. The number of hydrogen-bond donors (Lipinski definition) is 2. The molecule has 0 radical (unpaired) electrons. The number of alkyl halides is 2. The van der Waals surface area contributed by atoms with Crippen LogP contribution < -0.4 is 10.6 Å². The van der Waals surface area contributed by atoms with Crippen LogP contribution in [0, 0.1) is 5.92 Å². The summed E-state index contributed by atoms with van der Waals surface area (Å²) in [5, 5.41) is 6.46. The highest BCUT2D eigenvalue weighted by molar-refractivity contribution is 14.1. The molecule has 0 spiro atoms. The average molecular weight is 557 g/mol. The third-order valence-electron chi connectivity index (χ3n) is 5.40. The normalized spacial score (nSPS) is 25.1. The van der Waals surface area contributed by atoms with Crippen molar-refractivity contribution < 1.29 is 13.9 Å². The van der Waals surface area contributed by atoms with Gasteiger partial charge in [0.15, 0.2) is 0 Å². The molecule has 0 aromatic heterocycles. The highest BCUT2D eigenvalue weighted by atomic mass is 127. The SMILES string of the molecule is CCC1=CNC(N=CCN(CCI)C(=O)OC(C)(C)C)N=C1[C@H]1CNC2=C1C=CCC2F. The first-order valence-electron chi connectivity index (χ1n) is 11.1. The smallest absolute Gasteiger partial charge is 0.410 e. The van der Waals surface area contributed by atoms with E-state index >= 15 is 0 Å². The van der Waals surface area contributed by atoms with Crippen molar-refractivity contribution >= 4 is 40.6 Å². The van der Waals surface area contributed by atoms with Gasteiger partial charge in [-0.05, 0) is 38.3 Å². The van der Waals surface area contributed by atoms with Gasteiger partial charge in [0.05, 0.1) is 12.3 Å². The van der Waals surface area contributed by atoms with Gasteiger partial charge in [0.25, 0.3) is 0 Å². The maximum atomic E-state index is 14.3. The van der Waals surface area contributed by atoms with Gasteiger partial charge in [0, 0.05) is 48.0 Å². The van der Waals surface area contributed by atoms with Crippen LogP contribution in [-0.2, 0) is 4.74 Å². The molecule has 32 heavy (non-hydrogen) atoms. The fourth-order valence-corrected chi connectivity index (χ4v) is 4.47. The van der Waals surface area contributed by atoms with Crippen molar-refractivity contribution in [2.45, 2.75) is 58.6 Å². The fourth-order valence-electron chi connectivity index (χ4n) is 3.89. The van der Waals surface area contributed by atoms with Crippen LogP contribution in [0.5, 0.6) is 0 Å². The van der Waals surface area contributed by atoms with Gasteiger partial charge in [-0.2, -0.15) is 0 Å². The Morgan fingerprint density at radius 3 is 2.94 bits per heavy atom. The van der Waals surface area contributed by atoms with Gasteiger partial charge in [-0.3, -0.25) is 0 Å². The lowest BCUT2D eigenvalue weighted by Gasteiger charge is -2.26. The Morgan fingerprint density at radius 2 is 2.25 bits per heavy atom. The lowest BCUT2D eigenvalue weighted by atomic mass is 9.87. The number of halogens is 2. The van der Waals surface area contributed by atoms with E-state index in [1.54, 1.807) is 11.1 Å². The van der Waals surface area contributed by atoms with Crippen molar-refractivity contribution in [2.75, 3.05) is 24.1 Å². The standard InChI is InChI=1S/C23H33FIN5O2/c1-5-15-13-28-21(26-10-12-30(11-9-25)22(31)32-23(2,3)4)29-19(15)17-14-27-20-16(17)7-6-8-18(20)24/h6-7,10,13,17-18,21,27-28H,5,8-9,11-12,14H2,1-4H3/t17-,18?,21?/m0/s1. The van der Waals surface area contributed by atoms with Crippen molar-refractivity contribution in [1.82, 2.24) is 15.5 Å². The maximum Gasteiger partial charge on any atom is 0.410 e. The summed E-state index contributed by atoms with van der Waals surface area (Å²) in [4.78, 5) is 23.5. The monoisotopic (exact) mass is 557 g/mol. The third-order valence-corrected chi connectivity index (χ3v) is 5.88. The van der Waals surface area contributed by atoms with Crippen LogP contribution >= 0.6 is 22.6 Å². The van der Waals surface area contributed by atoms with E-state index in [0.717, 1.165) is 27.7 Å². The van der Waals surface area contributed by atoms with Gasteiger partial charge in [-0.25, -0.2) is 19.2 Å². The molecule has 2 unspecified atom stereocenters. The molecule has 0 saturated heterocycles. The average Bonchev–Trinajstić information content (AvgIpc) is 3.17. The van der Waals surface area contributed by atoms with Crippen molar-refractivity contribution in [3.63, 3.8) is 0 Å². The predicted molar refractivity (Wildman–Crippen MR) is 135 cm³/mol. The van der Waals surface area contributed by atoms with Gasteiger partial charge >= 0.3 is 6.09 Å². The Morgan fingerprint density at radius 1 is 1.47 bits per heavy atom. The summed E-state index contributed by atoms with van der Waals surface area (Å²) in [5.74, 6) is 0.0167. The molecule has 3 aliphatic rings. The zero-order valence-corrected chi connectivity index (χ0v) is 21.4. The molecular weight excluding hydrogens is 524 g/mol. The minimum absolute atomic E-state index is 0.0167. The number of aliphatic imine (C=N–C) groups is 2. The quantitative estimate of drug-likeness (QED) is 0.281. The first-order chi connectivity index (χ1) is 15.2. The van der Waals surface area contributed by atoms with Gasteiger partial charge in [-0.1, -0.05) is 41.7 Å². The molecule has 1 aliphatic carbocycles. The summed E-state index contributed by atoms with van der Waals surface area (Å²) in [5.41, 5.74) is 3.19. The Kier molecular flexibility index (Phi) is 8.35. The van der Waals surface area contributed by atoms with Gasteiger partial charge < -0.3 is 20.3 Å². The van der Waals surface area contributed by atoms with Crippen LogP contribution in [0.3, 0.4) is 0 Å². The molecule has 2 aliphatic heterocycles. The Bertz CT molecular complexity index is 859. The molecule has 1 amide bonds. The molecule has 3 atom stereocenters. The summed E-state index contributed by atoms with van der Waals surface area (Å²) in [6.45, 7) is 9.21. The Balaban J connectivity index is 1.71. The minimum atomic E-state index is -0.970. The van der Waals surface area contributed by atoms with E-state index in [9.17, 15) is 9.18 Å².